The highest BCUT2D eigenvalue weighted by atomic mass is 32.1. The number of nitriles is 1. The minimum absolute atomic E-state index is 0.00237. The fourth-order valence-corrected chi connectivity index (χ4v) is 8.87. The number of nitrogens with two attached hydrogens (primary N) is 1. The summed E-state index contributed by atoms with van der Waals surface area (Å²) in [4.78, 5) is 18.1. The van der Waals surface area contributed by atoms with E-state index in [4.69, 9.17) is 15.5 Å². The maximum absolute atomic E-state index is 16.7. The first-order chi connectivity index (χ1) is 22.2. The largest absolute Gasteiger partial charge is 0.463 e. The monoisotopic (exact) mass is 650 g/mol. The van der Waals surface area contributed by atoms with Gasteiger partial charge in [0.1, 0.15) is 34.3 Å². The number of ether oxygens (including phenoxy) is 1. The Balaban J connectivity index is 1.12. The number of nitrogens with one attached hydrogen (secondary N) is 1. The predicted octanol–water partition coefficient (Wildman–Crippen LogP) is 4.78. The maximum atomic E-state index is 16.7. The first-order valence-corrected chi connectivity index (χ1v) is 16.5. The molecule has 3 aromatic heterocycles. The topological polar surface area (TPSA) is 116 Å². The van der Waals surface area contributed by atoms with Gasteiger partial charge in [-0.1, -0.05) is 0 Å². The smallest absolute Gasteiger partial charge is 0.319 e. The number of pyridine rings is 1. The predicted molar refractivity (Wildman–Crippen MR) is 165 cm³/mol. The van der Waals surface area contributed by atoms with Gasteiger partial charge in [0.15, 0.2) is 17.5 Å². The van der Waals surface area contributed by atoms with E-state index in [9.17, 15) is 18.4 Å². The van der Waals surface area contributed by atoms with Gasteiger partial charge in [-0.15, -0.1) is 11.3 Å². The summed E-state index contributed by atoms with van der Waals surface area (Å²) in [5, 5.41) is 13.7. The molecule has 5 fully saturated rings. The van der Waals surface area contributed by atoms with Crippen molar-refractivity contribution < 1.29 is 22.3 Å². The van der Waals surface area contributed by atoms with E-state index in [2.05, 4.69) is 25.1 Å². The normalized spacial score (nSPS) is 27.7. The molecule has 0 spiro atoms. The van der Waals surface area contributed by atoms with E-state index < -0.39 is 23.6 Å². The van der Waals surface area contributed by atoms with Gasteiger partial charge in [-0.3, -0.25) is 4.98 Å². The molecule has 6 heterocycles. The van der Waals surface area contributed by atoms with Crippen molar-refractivity contribution in [1.82, 2.24) is 25.2 Å². The van der Waals surface area contributed by atoms with E-state index in [0.29, 0.717) is 30.9 Å². The molecule has 0 radical (unpaired) electrons. The summed E-state index contributed by atoms with van der Waals surface area (Å²) in [6, 6.07) is 3.37. The molecule has 14 heteroatoms. The molecule has 2 saturated carbocycles. The van der Waals surface area contributed by atoms with E-state index in [-0.39, 0.29) is 72.8 Å². The summed E-state index contributed by atoms with van der Waals surface area (Å²) >= 11 is 0.731. The van der Waals surface area contributed by atoms with Crippen molar-refractivity contribution in [2.45, 2.75) is 43.9 Å². The number of halogens is 4. The molecule has 0 amide bonds. The van der Waals surface area contributed by atoms with Crippen LogP contribution in [0.5, 0.6) is 6.01 Å². The number of thiophene rings is 1. The van der Waals surface area contributed by atoms with Crippen LogP contribution >= 0.6 is 11.3 Å². The molecule has 9 rings (SSSR count). The Morgan fingerprint density at radius 2 is 1.83 bits per heavy atom. The lowest BCUT2D eigenvalue weighted by atomic mass is 10.0. The molecule has 3 unspecified atom stereocenters. The lowest BCUT2D eigenvalue weighted by Gasteiger charge is -2.34. The standard InChI is InChI=1S/C32H30F4N8OS/c33-21-5-16(22-17(6-37)29(38)46-28(22)24(21)35)26-25(36)27-18(7-39-26)30(44-8-14-1-2-15(9-44)40-14)42-31(41-27)45-13-32(3-4-32)12-43-10-19-20(11-43)23(19)34/h5,7,14-15,19-20,23,40H,1-4,8-13,38H2/t14?,15?,19-,20+,23?. The van der Waals surface area contributed by atoms with Crippen LogP contribution in [0.2, 0.25) is 0 Å². The van der Waals surface area contributed by atoms with Crippen LogP contribution in [-0.2, 0) is 0 Å². The highest BCUT2D eigenvalue weighted by molar-refractivity contribution is 7.23. The van der Waals surface area contributed by atoms with Gasteiger partial charge >= 0.3 is 6.01 Å². The molecule has 9 nitrogen and oxygen atoms in total. The number of rotatable bonds is 7. The molecule has 3 aliphatic heterocycles. The third-order valence-electron chi connectivity index (χ3n) is 10.6. The van der Waals surface area contributed by atoms with E-state index >= 15 is 4.39 Å². The first kappa shape index (κ1) is 28.4. The number of fused-ring (bicyclic) bond motifs is 5. The summed E-state index contributed by atoms with van der Waals surface area (Å²) in [5.74, 6) is -2.39. The van der Waals surface area contributed by atoms with Gasteiger partial charge in [0.05, 0.1) is 22.3 Å². The molecule has 3 N–H and O–H groups in total. The van der Waals surface area contributed by atoms with Gasteiger partial charge in [-0.25, -0.2) is 17.6 Å². The van der Waals surface area contributed by atoms with Crippen LogP contribution in [0.3, 0.4) is 0 Å². The lowest BCUT2D eigenvalue weighted by molar-refractivity contribution is 0.155. The van der Waals surface area contributed by atoms with E-state index in [1.165, 1.54) is 6.20 Å². The third kappa shape index (κ3) is 4.42. The molecule has 2 bridgehead atoms. The highest BCUT2D eigenvalue weighted by Gasteiger charge is 2.58. The molecule has 238 valence electrons. The van der Waals surface area contributed by atoms with E-state index in [1.807, 2.05) is 6.07 Å². The van der Waals surface area contributed by atoms with Crippen molar-refractivity contribution >= 4 is 43.1 Å². The Hall–Kier alpha value is -3.80. The van der Waals surface area contributed by atoms with Crippen molar-refractivity contribution in [3.63, 3.8) is 0 Å². The number of nitrogen functional groups attached to an aromatic ring is 1. The van der Waals surface area contributed by atoms with Gasteiger partial charge in [0.25, 0.3) is 0 Å². The Kier molecular flexibility index (Phi) is 6.24. The van der Waals surface area contributed by atoms with Gasteiger partial charge < -0.3 is 25.6 Å². The molecule has 4 aromatic rings. The third-order valence-corrected chi connectivity index (χ3v) is 11.6. The SMILES string of the molecule is N#Cc1c(N)sc2c(F)c(F)cc(-c3ncc4c(N5CC6CCC(C5)N6)nc(OCC5(CN6C[C@@H]7C(F)[C@@H]7C6)CC5)nc4c3F)c12. The second kappa shape index (κ2) is 10.1. The lowest BCUT2D eigenvalue weighted by Crippen LogP contribution is -2.51. The average Bonchev–Trinajstić information content (AvgIpc) is 3.73. The Morgan fingerprint density at radius 1 is 1.09 bits per heavy atom. The number of piperazine rings is 1. The fraction of sp³-hybridized carbons (Fsp3) is 0.500. The fourth-order valence-electron chi connectivity index (χ4n) is 7.90. The number of piperidine rings is 1. The number of aromatic nitrogens is 3. The van der Waals surface area contributed by atoms with Crippen LogP contribution < -0.4 is 20.7 Å². The second-order valence-corrected chi connectivity index (χ2v) is 14.7. The van der Waals surface area contributed by atoms with E-state index in [1.54, 1.807) is 0 Å². The minimum atomic E-state index is -1.20. The molecule has 46 heavy (non-hydrogen) atoms. The minimum Gasteiger partial charge on any atom is -0.463 e. The zero-order chi connectivity index (χ0) is 31.5. The summed E-state index contributed by atoms with van der Waals surface area (Å²) in [6.45, 7) is 4.05. The number of anilines is 2. The zero-order valence-corrected chi connectivity index (χ0v) is 25.5. The average molecular weight is 651 g/mol. The summed E-state index contributed by atoms with van der Waals surface area (Å²) in [7, 11) is 0. The molecule has 2 aliphatic carbocycles. The second-order valence-electron chi connectivity index (χ2n) is 13.7. The van der Waals surface area contributed by atoms with Gasteiger partial charge in [0, 0.05) is 79.2 Å². The number of likely N-dealkylation sites (tertiary alicyclic amines) is 1. The molecule has 5 atom stereocenters. The van der Waals surface area contributed by atoms with Crippen molar-refractivity contribution in [2.75, 3.05) is 50.0 Å². The molecule has 3 saturated heterocycles. The van der Waals surface area contributed by atoms with Crippen molar-refractivity contribution in [1.29, 1.82) is 5.26 Å². The number of nitrogens with zero attached hydrogens (tertiary/aromatic N) is 6. The quantitative estimate of drug-likeness (QED) is 0.273. The Bertz CT molecular complexity index is 1950. The number of alkyl halides is 1. The Labute approximate surface area is 265 Å². The number of benzene rings is 1. The first-order valence-electron chi connectivity index (χ1n) is 15.7. The van der Waals surface area contributed by atoms with Crippen molar-refractivity contribution in [2.24, 2.45) is 17.3 Å². The van der Waals surface area contributed by atoms with E-state index in [0.717, 1.165) is 62.7 Å². The summed E-state index contributed by atoms with van der Waals surface area (Å²) in [5.41, 5.74) is 5.40. The van der Waals surface area contributed by atoms with Crippen LogP contribution in [0.1, 0.15) is 31.2 Å². The van der Waals surface area contributed by atoms with Crippen molar-refractivity contribution in [3.8, 4) is 23.3 Å². The van der Waals surface area contributed by atoms with Crippen LogP contribution in [-0.4, -0.2) is 77.4 Å². The zero-order valence-electron chi connectivity index (χ0n) is 24.7. The van der Waals surface area contributed by atoms with Crippen LogP contribution in [0.4, 0.5) is 28.4 Å². The Morgan fingerprint density at radius 3 is 2.52 bits per heavy atom. The van der Waals surface area contributed by atoms with Gasteiger partial charge in [-0.05, 0) is 31.7 Å². The van der Waals surface area contributed by atoms with Gasteiger partial charge in [-0.2, -0.15) is 15.2 Å². The summed E-state index contributed by atoms with van der Waals surface area (Å²) in [6.07, 6.45) is 4.80. The maximum Gasteiger partial charge on any atom is 0.319 e. The van der Waals surface area contributed by atoms with Crippen molar-refractivity contribution in [3.05, 3.63) is 35.3 Å². The molecule has 1 aromatic carbocycles. The highest BCUT2D eigenvalue weighted by Crippen LogP contribution is 2.52. The number of hydrogen-bond acceptors (Lipinski definition) is 10. The molecule has 5 aliphatic rings. The number of hydrogen-bond donors (Lipinski definition) is 2. The van der Waals surface area contributed by atoms with Crippen LogP contribution in [0.25, 0.3) is 32.2 Å². The summed E-state index contributed by atoms with van der Waals surface area (Å²) < 4.78 is 66.1. The van der Waals surface area contributed by atoms with Crippen LogP contribution in [0.15, 0.2) is 12.3 Å². The van der Waals surface area contributed by atoms with Gasteiger partial charge in [0.2, 0.25) is 0 Å². The molecular formula is C32H30F4N8OS. The molecular weight excluding hydrogens is 620 g/mol. The van der Waals surface area contributed by atoms with Crippen LogP contribution in [0, 0.1) is 46.0 Å².